The van der Waals surface area contributed by atoms with Crippen LogP contribution in [0.4, 0.5) is 13.2 Å². The van der Waals surface area contributed by atoms with E-state index in [9.17, 15) is 18.3 Å². The van der Waals surface area contributed by atoms with Crippen LogP contribution >= 0.6 is 0 Å². The summed E-state index contributed by atoms with van der Waals surface area (Å²) in [6, 6.07) is 1.84. The number of halogens is 3. The van der Waals surface area contributed by atoms with Gasteiger partial charge in [-0.1, -0.05) is 0 Å². The zero-order valence-corrected chi connectivity index (χ0v) is 9.91. The summed E-state index contributed by atoms with van der Waals surface area (Å²) in [5, 5.41) is 9.76. The van der Waals surface area contributed by atoms with Crippen molar-refractivity contribution in [2.45, 2.75) is 38.1 Å². The Bertz CT molecular complexity index is 401. The van der Waals surface area contributed by atoms with E-state index in [4.69, 9.17) is 0 Å². The fourth-order valence-electron chi connectivity index (χ4n) is 2.29. The van der Waals surface area contributed by atoms with Crippen molar-refractivity contribution in [2.75, 3.05) is 13.2 Å². The van der Waals surface area contributed by atoms with Gasteiger partial charge in [-0.15, -0.1) is 0 Å². The Balaban J connectivity index is 1.87. The Morgan fingerprint density at radius 1 is 1.44 bits per heavy atom. The lowest BCUT2D eigenvalue weighted by molar-refractivity contribution is -0.174. The molecule has 1 aliphatic carbocycles. The van der Waals surface area contributed by atoms with Crippen molar-refractivity contribution in [3.63, 3.8) is 0 Å². The molecule has 6 heteroatoms. The topological polar surface area (TPSA) is 34.4 Å². The number of hydrogen-bond acceptors (Lipinski definition) is 2. The van der Waals surface area contributed by atoms with Crippen molar-refractivity contribution in [1.29, 1.82) is 0 Å². The summed E-state index contributed by atoms with van der Waals surface area (Å²) >= 11 is 0. The average Bonchev–Trinajstić information content (AvgIpc) is 2.68. The molecule has 3 nitrogen and oxygen atoms in total. The molecule has 1 unspecified atom stereocenters. The van der Waals surface area contributed by atoms with Crippen LogP contribution in [0.1, 0.15) is 30.2 Å². The molecule has 18 heavy (non-hydrogen) atoms. The summed E-state index contributed by atoms with van der Waals surface area (Å²) in [5.74, 6) is 0. The second-order valence-electron chi connectivity index (χ2n) is 4.49. The number of aliphatic hydroxyl groups excluding tert-OH is 1. The van der Waals surface area contributed by atoms with Crippen molar-refractivity contribution in [1.82, 2.24) is 4.57 Å². The monoisotopic (exact) mass is 263 g/mol. The highest BCUT2D eigenvalue weighted by Crippen LogP contribution is 2.30. The van der Waals surface area contributed by atoms with E-state index in [0.717, 1.165) is 30.5 Å². The second-order valence-corrected chi connectivity index (χ2v) is 4.49. The van der Waals surface area contributed by atoms with Crippen LogP contribution in [0.2, 0.25) is 0 Å². The number of nitrogens with zero attached hydrogens (tertiary/aromatic N) is 1. The summed E-state index contributed by atoms with van der Waals surface area (Å²) in [7, 11) is 0. The molecule has 1 aromatic rings. The van der Waals surface area contributed by atoms with Gasteiger partial charge in [0, 0.05) is 24.0 Å². The largest absolute Gasteiger partial charge is 0.411 e. The number of aromatic nitrogens is 1. The van der Waals surface area contributed by atoms with E-state index in [-0.39, 0.29) is 6.61 Å². The van der Waals surface area contributed by atoms with E-state index in [2.05, 4.69) is 4.74 Å². The first-order valence-corrected chi connectivity index (χ1v) is 5.98. The van der Waals surface area contributed by atoms with Gasteiger partial charge in [0.15, 0.2) is 0 Å². The normalized spacial score (nSPS) is 19.9. The predicted molar refractivity (Wildman–Crippen MR) is 59.2 cm³/mol. The lowest BCUT2D eigenvalue weighted by atomic mass is 9.95. The third-order valence-corrected chi connectivity index (χ3v) is 3.11. The highest BCUT2D eigenvalue weighted by Gasteiger charge is 2.27. The highest BCUT2D eigenvalue weighted by atomic mass is 19.4. The van der Waals surface area contributed by atoms with Gasteiger partial charge in [-0.2, -0.15) is 13.2 Å². The maximum atomic E-state index is 11.9. The van der Waals surface area contributed by atoms with E-state index in [1.54, 1.807) is 6.20 Å². The molecule has 0 fully saturated rings. The van der Waals surface area contributed by atoms with E-state index in [1.165, 1.54) is 0 Å². The molecular weight excluding hydrogens is 247 g/mol. The first kappa shape index (κ1) is 13.4. The Hall–Kier alpha value is -1.01. The van der Waals surface area contributed by atoms with Crippen molar-refractivity contribution in [3.05, 3.63) is 23.5 Å². The van der Waals surface area contributed by atoms with Crippen molar-refractivity contribution in [3.8, 4) is 0 Å². The predicted octanol–water partition coefficient (Wildman–Crippen LogP) is 2.44. The van der Waals surface area contributed by atoms with Gasteiger partial charge in [-0.05, 0) is 25.3 Å². The standard InChI is InChI=1S/C12H16F3NO2/c13-12(14,15)8-18-7-6-16-5-4-9-10(16)2-1-3-11(9)17/h4-5,11,17H,1-3,6-8H2. The fourth-order valence-corrected chi connectivity index (χ4v) is 2.29. The van der Waals surface area contributed by atoms with Gasteiger partial charge in [0.25, 0.3) is 0 Å². The summed E-state index contributed by atoms with van der Waals surface area (Å²) in [6.07, 6.45) is -0.393. The van der Waals surface area contributed by atoms with E-state index < -0.39 is 18.9 Å². The average molecular weight is 263 g/mol. The van der Waals surface area contributed by atoms with Crippen LogP contribution in [0, 0.1) is 0 Å². The number of fused-ring (bicyclic) bond motifs is 1. The smallest absolute Gasteiger partial charge is 0.388 e. The van der Waals surface area contributed by atoms with Crippen molar-refractivity contribution < 1.29 is 23.0 Å². The highest BCUT2D eigenvalue weighted by molar-refractivity contribution is 5.27. The van der Waals surface area contributed by atoms with E-state index in [1.807, 2.05) is 10.6 Å². The fraction of sp³-hybridized carbons (Fsp3) is 0.667. The van der Waals surface area contributed by atoms with Crippen LogP contribution in [-0.2, 0) is 17.7 Å². The lowest BCUT2D eigenvalue weighted by Gasteiger charge is -2.20. The molecule has 0 spiro atoms. The number of hydrogen-bond donors (Lipinski definition) is 1. The minimum absolute atomic E-state index is 0.0245. The zero-order chi connectivity index (χ0) is 13.2. The molecule has 0 saturated carbocycles. The molecule has 1 atom stereocenters. The number of rotatable bonds is 4. The molecule has 1 heterocycles. The molecule has 0 aliphatic heterocycles. The van der Waals surface area contributed by atoms with Crippen LogP contribution in [-0.4, -0.2) is 29.1 Å². The zero-order valence-electron chi connectivity index (χ0n) is 9.91. The van der Waals surface area contributed by atoms with Crippen LogP contribution < -0.4 is 0 Å². The maximum Gasteiger partial charge on any atom is 0.411 e. The lowest BCUT2D eigenvalue weighted by Crippen LogP contribution is -2.20. The van der Waals surface area contributed by atoms with Gasteiger partial charge in [-0.3, -0.25) is 0 Å². The Kier molecular flexibility index (Phi) is 3.97. The maximum absolute atomic E-state index is 11.9. The van der Waals surface area contributed by atoms with Gasteiger partial charge in [0.1, 0.15) is 6.61 Å². The van der Waals surface area contributed by atoms with E-state index >= 15 is 0 Å². The van der Waals surface area contributed by atoms with Crippen LogP contribution in [0.5, 0.6) is 0 Å². The van der Waals surface area contributed by atoms with E-state index in [0.29, 0.717) is 6.54 Å². The summed E-state index contributed by atoms with van der Waals surface area (Å²) < 4.78 is 42.1. The molecule has 2 rings (SSSR count). The van der Waals surface area contributed by atoms with Crippen LogP contribution in [0.25, 0.3) is 0 Å². The molecule has 1 aromatic heterocycles. The molecule has 102 valence electrons. The van der Waals surface area contributed by atoms with Gasteiger partial charge in [0.2, 0.25) is 0 Å². The number of aliphatic hydroxyl groups is 1. The molecule has 0 saturated heterocycles. The summed E-state index contributed by atoms with van der Waals surface area (Å²) in [6.45, 7) is -0.798. The summed E-state index contributed by atoms with van der Waals surface area (Å²) in [5.41, 5.74) is 1.92. The molecule has 1 aliphatic rings. The molecule has 0 bridgehead atoms. The molecular formula is C12H16F3NO2. The first-order chi connectivity index (χ1) is 8.47. The third-order valence-electron chi connectivity index (χ3n) is 3.11. The SMILES string of the molecule is OC1CCCc2c1ccn2CCOCC(F)(F)F. The Labute approximate surface area is 103 Å². The molecule has 0 aromatic carbocycles. The Morgan fingerprint density at radius 3 is 2.94 bits per heavy atom. The number of ether oxygens (including phenoxy) is 1. The first-order valence-electron chi connectivity index (χ1n) is 5.98. The van der Waals surface area contributed by atoms with Gasteiger partial charge in [-0.25, -0.2) is 0 Å². The third kappa shape index (κ3) is 3.26. The summed E-state index contributed by atoms with van der Waals surface area (Å²) in [4.78, 5) is 0. The quantitative estimate of drug-likeness (QED) is 0.847. The van der Waals surface area contributed by atoms with Gasteiger partial charge < -0.3 is 14.4 Å². The Morgan fingerprint density at radius 2 is 2.22 bits per heavy atom. The molecule has 0 amide bonds. The molecule has 1 N–H and O–H groups in total. The minimum atomic E-state index is -4.27. The number of alkyl halides is 3. The minimum Gasteiger partial charge on any atom is -0.388 e. The second kappa shape index (κ2) is 5.32. The van der Waals surface area contributed by atoms with Crippen LogP contribution in [0.3, 0.4) is 0 Å². The van der Waals surface area contributed by atoms with Crippen LogP contribution in [0.15, 0.2) is 12.3 Å². The van der Waals surface area contributed by atoms with Crippen molar-refractivity contribution >= 4 is 0 Å². The van der Waals surface area contributed by atoms with Gasteiger partial charge in [0.05, 0.1) is 12.7 Å². The molecule has 0 radical (unpaired) electrons. The van der Waals surface area contributed by atoms with Crippen molar-refractivity contribution in [2.24, 2.45) is 0 Å². The van der Waals surface area contributed by atoms with Gasteiger partial charge >= 0.3 is 6.18 Å².